The van der Waals surface area contributed by atoms with Crippen LogP contribution >= 0.6 is 15.9 Å². The first-order valence-corrected chi connectivity index (χ1v) is 4.43. The minimum atomic E-state index is 0.318. The van der Waals surface area contributed by atoms with Crippen molar-refractivity contribution in [1.82, 2.24) is 10.2 Å². The molecule has 13 heavy (non-hydrogen) atoms. The van der Waals surface area contributed by atoms with E-state index in [-0.39, 0.29) is 0 Å². The molecule has 4 heteroatoms. The SMILES string of the molecule is N#Cc1nnc2ccccc2c1Br. The Morgan fingerprint density at radius 3 is 2.77 bits per heavy atom. The molecule has 2 aromatic rings. The fourth-order valence-electron chi connectivity index (χ4n) is 1.09. The van der Waals surface area contributed by atoms with Gasteiger partial charge in [-0.3, -0.25) is 0 Å². The number of benzene rings is 1. The summed E-state index contributed by atoms with van der Waals surface area (Å²) < 4.78 is 0.709. The number of aromatic nitrogens is 2. The van der Waals surface area contributed by atoms with Crippen LogP contribution in [0.15, 0.2) is 28.7 Å². The maximum Gasteiger partial charge on any atom is 0.177 e. The van der Waals surface area contributed by atoms with Gasteiger partial charge in [0.05, 0.1) is 9.99 Å². The quantitative estimate of drug-likeness (QED) is 0.702. The predicted molar refractivity (Wildman–Crippen MR) is 52.0 cm³/mol. The second kappa shape index (κ2) is 3.11. The first kappa shape index (κ1) is 8.14. The Kier molecular flexibility index (Phi) is 1.95. The smallest absolute Gasteiger partial charge is 0.177 e. The first-order chi connectivity index (χ1) is 6.33. The van der Waals surface area contributed by atoms with Gasteiger partial charge in [-0.25, -0.2) is 0 Å². The van der Waals surface area contributed by atoms with Gasteiger partial charge in [0.15, 0.2) is 5.69 Å². The van der Waals surface area contributed by atoms with Gasteiger partial charge in [-0.05, 0) is 22.0 Å². The molecular weight excluding hydrogens is 230 g/mol. The molecule has 0 radical (unpaired) electrons. The third-order valence-corrected chi connectivity index (χ3v) is 2.51. The van der Waals surface area contributed by atoms with E-state index in [2.05, 4.69) is 26.1 Å². The highest BCUT2D eigenvalue weighted by Gasteiger charge is 2.05. The molecule has 0 aliphatic heterocycles. The average molecular weight is 234 g/mol. The second-order valence-electron chi connectivity index (χ2n) is 2.49. The van der Waals surface area contributed by atoms with Crippen molar-refractivity contribution in [3.05, 3.63) is 34.4 Å². The molecule has 1 aromatic heterocycles. The highest BCUT2D eigenvalue weighted by Crippen LogP contribution is 2.23. The molecule has 0 atom stereocenters. The van der Waals surface area contributed by atoms with Crippen LogP contribution in [0.5, 0.6) is 0 Å². The third kappa shape index (κ3) is 1.27. The maximum atomic E-state index is 8.70. The molecule has 0 fully saturated rings. The van der Waals surface area contributed by atoms with Crippen molar-refractivity contribution in [2.45, 2.75) is 0 Å². The van der Waals surface area contributed by atoms with Crippen LogP contribution in [0.25, 0.3) is 10.9 Å². The van der Waals surface area contributed by atoms with E-state index in [9.17, 15) is 0 Å². The molecule has 1 heterocycles. The highest BCUT2D eigenvalue weighted by molar-refractivity contribution is 9.10. The largest absolute Gasteiger partial charge is 0.191 e. The molecule has 0 amide bonds. The van der Waals surface area contributed by atoms with Gasteiger partial charge in [0, 0.05) is 5.39 Å². The molecule has 1 aromatic carbocycles. The van der Waals surface area contributed by atoms with E-state index in [4.69, 9.17) is 5.26 Å². The summed E-state index contributed by atoms with van der Waals surface area (Å²) in [5.74, 6) is 0. The first-order valence-electron chi connectivity index (χ1n) is 3.64. The van der Waals surface area contributed by atoms with Gasteiger partial charge < -0.3 is 0 Å². The summed E-state index contributed by atoms with van der Waals surface area (Å²) >= 11 is 3.32. The van der Waals surface area contributed by atoms with Crippen molar-refractivity contribution in [2.75, 3.05) is 0 Å². The van der Waals surface area contributed by atoms with Gasteiger partial charge in [0.1, 0.15) is 6.07 Å². The molecule has 0 spiro atoms. The molecule has 62 valence electrons. The zero-order valence-electron chi connectivity index (χ0n) is 6.53. The molecule has 0 saturated heterocycles. The highest BCUT2D eigenvalue weighted by atomic mass is 79.9. The van der Waals surface area contributed by atoms with E-state index in [1.807, 2.05) is 30.3 Å². The molecule has 0 saturated carbocycles. The van der Waals surface area contributed by atoms with Crippen molar-refractivity contribution in [3.8, 4) is 6.07 Å². The molecule has 0 unspecified atom stereocenters. The second-order valence-corrected chi connectivity index (χ2v) is 3.28. The van der Waals surface area contributed by atoms with Crippen LogP contribution in [-0.2, 0) is 0 Å². The van der Waals surface area contributed by atoms with Crippen LogP contribution < -0.4 is 0 Å². The summed E-state index contributed by atoms with van der Waals surface area (Å²) in [6, 6.07) is 9.50. The molecule has 0 aliphatic carbocycles. The summed E-state index contributed by atoms with van der Waals surface area (Å²) in [6.07, 6.45) is 0. The normalized spacial score (nSPS) is 9.85. The van der Waals surface area contributed by atoms with Gasteiger partial charge in [-0.2, -0.15) is 5.26 Å². The Morgan fingerprint density at radius 1 is 1.23 bits per heavy atom. The average Bonchev–Trinajstić information content (AvgIpc) is 2.19. The van der Waals surface area contributed by atoms with Crippen LogP contribution in [0.4, 0.5) is 0 Å². The van der Waals surface area contributed by atoms with E-state index >= 15 is 0 Å². The number of nitriles is 1. The van der Waals surface area contributed by atoms with E-state index in [0.29, 0.717) is 10.2 Å². The topological polar surface area (TPSA) is 49.6 Å². The fourth-order valence-corrected chi connectivity index (χ4v) is 1.60. The van der Waals surface area contributed by atoms with Crippen molar-refractivity contribution in [3.63, 3.8) is 0 Å². The van der Waals surface area contributed by atoms with Gasteiger partial charge in [-0.15, -0.1) is 10.2 Å². The monoisotopic (exact) mass is 233 g/mol. The van der Waals surface area contributed by atoms with Gasteiger partial charge >= 0.3 is 0 Å². The number of halogens is 1. The minimum Gasteiger partial charge on any atom is -0.191 e. The lowest BCUT2D eigenvalue weighted by molar-refractivity contribution is 1.04. The predicted octanol–water partition coefficient (Wildman–Crippen LogP) is 2.26. The van der Waals surface area contributed by atoms with Gasteiger partial charge in [0.25, 0.3) is 0 Å². The van der Waals surface area contributed by atoms with E-state index in [0.717, 1.165) is 10.9 Å². The van der Waals surface area contributed by atoms with Crippen molar-refractivity contribution in [1.29, 1.82) is 5.26 Å². The van der Waals surface area contributed by atoms with Crippen LogP contribution in [0.2, 0.25) is 0 Å². The molecule has 0 aliphatic rings. The van der Waals surface area contributed by atoms with Crippen LogP contribution in [0.3, 0.4) is 0 Å². The fraction of sp³-hybridized carbons (Fsp3) is 0. The molecular formula is C9H4BrN3. The number of hydrogen-bond acceptors (Lipinski definition) is 3. The number of fused-ring (bicyclic) bond motifs is 1. The summed E-state index contributed by atoms with van der Waals surface area (Å²) in [5.41, 5.74) is 1.10. The maximum absolute atomic E-state index is 8.70. The Bertz CT molecular complexity index is 502. The van der Waals surface area contributed by atoms with Crippen LogP contribution in [0.1, 0.15) is 5.69 Å². The molecule has 0 N–H and O–H groups in total. The van der Waals surface area contributed by atoms with Crippen molar-refractivity contribution >= 4 is 26.8 Å². The minimum absolute atomic E-state index is 0.318. The van der Waals surface area contributed by atoms with E-state index in [1.54, 1.807) is 0 Å². The summed E-state index contributed by atoms with van der Waals surface area (Å²) in [4.78, 5) is 0. The van der Waals surface area contributed by atoms with Crippen molar-refractivity contribution in [2.24, 2.45) is 0 Å². The van der Waals surface area contributed by atoms with Gasteiger partial charge in [-0.1, -0.05) is 18.2 Å². The zero-order valence-corrected chi connectivity index (χ0v) is 8.12. The Morgan fingerprint density at radius 2 is 2.00 bits per heavy atom. The molecule has 0 bridgehead atoms. The van der Waals surface area contributed by atoms with E-state index < -0.39 is 0 Å². The lowest BCUT2D eigenvalue weighted by Gasteiger charge is -1.98. The lowest BCUT2D eigenvalue weighted by Crippen LogP contribution is -1.90. The Hall–Kier alpha value is -1.47. The Balaban J connectivity index is 2.89. The summed E-state index contributed by atoms with van der Waals surface area (Å²) in [5, 5.41) is 17.3. The van der Waals surface area contributed by atoms with Crippen LogP contribution in [0, 0.1) is 11.3 Å². The standard InChI is InChI=1S/C9H4BrN3/c10-9-6-3-1-2-4-7(6)12-13-8(9)5-11/h1-4H. The van der Waals surface area contributed by atoms with Gasteiger partial charge in [0.2, 0.25) is 0 Å². The lowest BCUT2D eigenvalue weighted by atomic mass is 10.2. The third-order valence-electron chi connectivity index (χ3n) is 1.71. The summed E-state index contributed by atoms with van der Waals surface area (Å²) in [7, 11) is 0. The zero-order chi connectivity index (χ0) is 9.26. The number of rotatable bonds is 0. The van der Waals surface area contributed by atoms with Crippen LogP contribution in [-0.4, -0.2) is 10.2 Å². The molecule has 2 rings (SSSR count). The van der Waals surface area contributed by atoms with Crippen molar-refractivity contribution < 1.29 is 0 Å². The van der Waals surface area contributed by atoms with E-state index in [1.165, 1.54) is 0 Å². The number of hydrogen-bond donors (Lipinski definition) is 0. The Labute approximate surface area is 83.1 Å². The molecule has 3 nitrogen and oxygen atoms in total. The number of nitrogens with zero attached hydrogens (tertiary/aromatic N) is 3. The summed E-state index contributed by atoms with van der Waals surface area (Å²) in [6.45, 7) is 0.